The van der Waals surface area contributed by atoms with Gasteiger partial charge in [0.15, 0.2) is 0 Å². The fraction of sp³-hybridized carbons (Fsp3) is 0.389. The van der Waals surface area contributed by atoms with Crippen LogP contribution in [0.4, 0.5) is 11.5 Å². The second-order valence-electron chi connectivity index (χ2n) is 6.03. The van der Waals surface area contributed by atoms with E-state index in [1.54, 1.807) is 30.5 Å². The largest absolute Gasteiger partial charge is 0.494 e. The normalized spacial score (nSPS) is 11.4. The van der Waals surface area contributed by atoms with Crippen molar-refractivity contribution in [2.45, 2.75) is 18.2 Å². The minimum Gasteiger partial charge on any atom is -0.494 e. The van der Waals surface area contributed by atoms with E-state index in [1.165, 1.54) is 12.1 Å². The van der Waals surface area contributed by atoms with Crippen LogP contribution < -0.4 is 14.8 Å². The molecule has 142 valence electrons. The number of nitrogens with one attached hydrogen (secondary N) is 2. The molecule has 2 aromatic rings. The maximum atomic E-state index is 12.4. The summed E-state index contributed by atoms with van der Waals surface area (Å²) in [5.74, 6) is 0.909. The second kappa shape index (κ2) is 9.40. The molecule has 0 aliphatic heterocycles. The standard InChI is InChI=1S/C18H26N4O3S/c1-4-25-16-7-9-17(10-8-16)26(23,24)21-18-11-6-15(14-20-18)19-12-5-13-22(2)3/h6-11,14,19H,4-5,12-13H2,1-3H3,(H,20,21). The highest BCUT2D eigenvalue weighted by Crippen LogP contribution is 2.19. The van der Waals surface area contributed by atoms with Gasteiger partial charge in [0.1, 0.15) is 11.6 Å². The summed E-state index contributed by atoms with van der Waals surface area (Å²) in [6, 6.07) is 9.72. The molecule has 0 unspecified atom stereocenters. The molecule has 1 heterocycles. The number of benzene rings is 1. The molecule has 7 nitrogen and oxygen atoms in total. The molecule has 0 radical (unpaired) electrons. The van der Waals surface area contributed by atoms with Gasteiger partial charge < -0.3 is 15.0 Å². The van der Waals surface area contributed by atoms with E-state index in [2.05, 4.69) is 19.9 Å². The topological polar surface area (TPSA) is 83.6 Å². The summed E-state index contributed by atoms with van der Waals surface area (Å²) >= 11 is 0. The zero-order chi connectivity index (χ0) is 19.0. The molecule has 26 heavy (non-hydrogen) atoms. The summed E-state index contributed by atoms with van der Waals surface area (Å²) in [5.41, 5.74) is 0.854. The average molecular weight is 378 g/mol. The lowest BCUT2D eigenvalue weighted by molar-refractivity contribution is 0.340. The van der Waals surface area contributed by atoms with Crippen LogP contribution in [0.3, 0.4) is 0 Å². The molecule has 0 spiro atoms. The Hall–Kier alpha value is -2.32. The number of hydrogen-bond acceptors (Lipinski definition) is 6. The van der Waals surface area contributed by atoms with Gasteiger partial charge in [0.2, 0.25) is 0 Å². The molecule has 0 bridgehead atoms. The van der Waals surface area contributed by atoms with Crippen molar-refractivity contribution in [1.82, 2.24) is 9.88 Å². The Balaban J connectivity index is 1.94. The molecule has 0 atom stereocenters. The van der Waals surface area contributed by atoms with E-state index in [-0.39, 0.29) is 10.7 Å². The van der Waals surface area contributed by atoms with Gasteiger partial charge in [0.05, 0.1) is 23.4 Å². The number of pyridine rings is 1. The molecule has 0 saturated carbocycles. The lowest BCUT2D eigenvalue weighted by Crippen LogP contribution is -2.16. The average Bonchev–Trinajstić information content (AvgIpc) is 2.60. The Morgan fingerprint density at radius 2 is 1.85 bits per heavy atom. The molecular weight excluding hydrogens is 352 g/mol. The van der Waals surface area contributed by atoms with Gasteiger partial charge in [-0.1, -0.05) is 0 Å². The van der Waals surface area contributed by atoms with E-state index in [1.807, 2.05) is 21.0 Å². The second-order valence-corrected chi connectivity index (χ2v) is 7.71. The van der Waals surface area contributed by atoms with Gasteiger partial charge >= 0.3 is 0 Å². The molecule has 0 saturated heterocycles. The minimum absolute atomic E-state index is 0.161. The van der Waals surface area contributed by atoms with Crippen LogP contribution in [0.15, 0.2) is 47.5 Å². The third-order valence-corrected chi connectivity index (χ3v) is 4.93. The van der Waals surface area contributed by atoms with Gasteiger partial charge in [-0.25, -0.2) is 13.4 Å². The highest BCUT2D eigenvalue weighted by molar-refractivity contribution is 7.92. The first-order valence-corrected chi connectivity index (χ1v) is 9.99. The first-order valence-electron chi connectivity index (χ1n) is 8.51. The summed E-state index contributed by atoms with van der Waals surface area (Å²) in [6.45, 7) is 4.24. The Labute approximate surface area is 155 Å². The van der Waals surface area contributed by atoms with Crippen molar-refractivity contribution in [3.05, 3.63) is 42.6 Å². The molecule has 1 aromatic heterocycles. The third-order valence-electron chi connectivity index (χ3n) is 3.56. The Kier molecular flexibility index (Phi) is 7.23. The Morgan fingerprint density at radius 3 is 2.42 bits per heavy atom. The lowest BCUT2D eigenvalue weighted by Gasteiger charge is -2.11. The molecule has 8 heteroatoms. The van der Waals surface area contributed by atoms with E-state index < -0.39 is 10.0 Å². The van der Waals surface area contributed by atoms with Gasteiger partial charge in [-0.05, 0) is 70.4 Å². The Bertz CT molecular complexity index is 775. The third kappa shape index (κ3) is 6.20. The van der Waals surface area contributed by atoms with Gasteiger partial charge in [0, 0.05) is 6.54 Å². The first-order chi connectivity index (χ1) is 12.4. The van der Waals surface area contributed by atoms with Crippen LogP contribution in [0.25, 0.3) is 0 Å². The van der Waals surface area contributed by atoms with E-state index in [0.29, 0.717) is 12.4 Å². The summed E-state index contributed by atoms with van der Waals surface area (Å²) in [5, 5.41) is 3.26. The molecule has 2 N–H and O–H groups in total. The van der Waals surface area contributed by atoms with E-state index >= 15 is 0 Å². The predicted octanol–water partition coefficient (Wildman–Crippen LogP) is 2.64. The number of ether oxygens (including phenoxy) is 1. The summed E-state index contributed by atoms with van der Waals surface area (Å²) in [6.07, 6.45) is 2.63. The van der Waals surface area contributed by atoms with Crippen LogP contribution >= 0.6 is 0 Å². The van der Waals surface area contributed by atoms with E-state index in [0.717, 1.165) is 25.2 Å². The molecule has 0 aliphatic carbocycles. The number of nitrogens with zero attached hydrogens (tertiary/aromatic N) is 2. The predicted molar refractivity (Wildman–Crippen MR) is 104 cm³/mol. The Morgan fingerprint density at radius 1 is 1.12 bits per heavy atom. The van der Waals surface area contributed by atoms with Crippen LogP contribution in [0, 0.1) is 0 Å². The molecule has 1 aromatic carbocycles. The van der Waals surface area contributed by atoms with Crippen molar-refractivity contribution >= 4 is 21.5 Å². The number of hydrogen-bond donors (Lipinski definition) is 2. The van der Waals surface area contributed by atoms with E-state index in [9.17, 15) is 8.42 Å². The van der Waals surface area contributed by atoms with Crippen LogP contribution in [-0.4, -0.2) is 52.1 Å². The van der Waals surface area contributed by atoms with Crippen LogP contribution in [0.5, 0.6) is 5.75 Å². The summed E-state index contributed by atoms with van der Waals surface area (Å²) in [4.78, 5) is 6.45. The highest BCUT2D eigenvalue weighted by Gasteiger charge is 2.14. The van der Waals surface area contributed by atoms with Crippen molar-refractivity contribution in [1.29, 1.82) is 0 Å². The van der Waals surface area contributed by atoms with Crippen LogP contribution in [0.2, 0.25) is 0 Å². The van der Waals surface area contributed by atoms with Gasteiger partial charge in [-0.15, -0.1) is 0 Å². The van der Waals surface area contributed by atoms with Gasteiger partial charge in [-0.3, -0.25) is 4.72 Å². The molecule has 0 aliphatic rings. The zero-order valence-corrected chi connectivity index (χ0v) is 16.2. The van der Waals surface area contributed by atoms with Gasteiger partial charge in [0.25, 0.3) is 10.0 Å². The van der Waals surface area contributed by atoms with Crippen molar-refractivity contribution in [2.75, 3.05) is 43.8 Å². The SMILES string of the molecule is CCOc1ccc(S(=O)(=O)Nc2ccc(NCCCN(C)C)cn2)cc1. The fourth-order valence-electron chi connectivity index (χ4n) is 2.27. The van der Waals surface area contributed by atoms with Crippen molar-refractivity contribution in [3.8, 4) is 5.75 Å². The van der Waals surface area contributed by atoms with Crippen molar-refractivity contribution in [2.24, 2.45) is 0 Å². The number of anilines is 2. The molecule has 0 amide bonds. The molecular formula is C18H26N4O3S. The lowest BCUT2D eigenvalue weighted by atomic mass is 10.3. The van der Waals surface area contributed by atoms with Crippen LogP contribution in [-0.2, 0) is 10.0 Å². The highest BCUT2D eigenvalue weighted by atomic mass is 32.2. The summed E-state index contributed by atoms with van der Waals surface area (Å²) in [7, 11) is 0.387. The number of aromatic nitrogens is 1. The number of rotatable bonds is 10. The van der Waals surface area contributed by atoms with Crippen molar-refractivity contribution < 1.29 is 13.2 Å². The monoisotopic (exact) mass is 378 g/mol. The minimum atomic E-state index is -3.68. The molecule has 0 fully saturated rings. The summed E-state index contributed by atoms with van der Waals surface area (Å²) < 4.78 is 32.6. The first kappa shape index (κ1) is 20.0. The zero-order valence-electron chi connectivity index (χ0n) is 15.4. The fourth-order valence-corrected chi connectivity index (χ4v) is 3.27. The quantitative estimate of drug-likeness (QED) is 0.619. The van der Waals surface area contributed by atoms with Gasteiger partial charge in [-0.2, -0.15) is 0 Å². The maximum Gasteiger partial charge on any atom is 0.263 e. The number of sulfonamides is 1. The maximum absolute atomic E-state index is 12.4. The van der Waals surface area contributed by atoms with Crippen molar-refractivity contribution in [3.63, 3.8) is 0 Å². The molecule has 2 rings (SSSR count). The smallest absolute Gasteiger partial charge is 0.263 e. The van der Waals surface area contributed by atoms with Crippen LogP contribution in [0.1, 0.15) is 13.3 Å². The van der Waals surface area contributed by atoms with E-state index in [4.69, 9.17) is 4.74 Å².